The Labute approximate surface area is 233 Å². The molecule has 0 spiro atoms. The second-order valence-corrected chi connectivity index (χ2v) is 14.1. The molecule has 1 saturated carbocycles. The number of amides is 1. The third-order valence-corrected chi connectivity index (χ3v) is 10.4. The van der Waals surface area contributed by atoms with Crippen molar-refractivity contribution < 1.29 is 33.3 Å². The number of carbonyl (C=O) groups excluding carboxylic acids is 2. The second-order valence-electron chi connectivity index (χ2n) is 11.5. The topological polar surface area (TPSA) is 110 Å². The summed E-state index contributed by atoms with van der Waals surface area (Å²) < 4.78 is 25.7. The Morgan fingerprint density at radius 2 is 1.74 bits per heavy atom. The van der Waals surface area contributed by atoms with Crippen LogP contribution in [0.4, 0.5) is 0 Å². The van der Waals surface area contributed by atoms with Crippen LogP contribution in [0, 0.1) is 17.8 Å². The molecule has 1 aliphatic carbocycles. The zero-order valence-electron chi connectivity index (χ0n) is 23.8. The highest BCUT2D eigenvalue weighted by atomic mass is 31.2. The fourth-order valence-corrected chi connectivity index (χ4v) is 8.10. The van der Waals surface area contributed by atoms with E-state index >= 15 is 0 Å². The monoisotopic (exact) mass is 563 g/mol. The maximum Gasteiger partial charge on any atom is 0.326 e. The molecule has 2 fully saturated rings. The smallest absolute Gasteiger partial charge is 0.326 e. The molecule has 1 aromatic rings. The summed E-state index contributed by atoms with van der Waals surface area (Å²) in [7, 11) is -3.60. The lowest BCUT2D eigenvalue weighted by atomic mass is 9.79. The number of nitrogens with zero attached hydrogens (tertiary/aromatic N) is 1. The van der Waals surface area contributed by atoms with E-state index in [1.807, 2.05) is 44.2 Å². The Bertz CT molecular complexity index is 992. The molecule has 9 heteroatoms. The van der Waals surface area contributed by atoms with E-state index in [0.717, 1.165) is 38.5 Å². The number of aryl methyl sites for hydroxylation is 1. The van der Waals surface area contributed by atoms with Crippen molar-refractivity contribution in [2.45, 2.75) is 97.3 Å². The molecule has 8 nitrogen and oxygen atoms in total. The maximum absolute atomic E-state index is 14.2. The van der Waals surface area contributed by atoms with Crippen LogP contribution in [-0.4, -0.2) is 59.1 Å². The minimum atomic E-state index is -3.60. The van der Waals surface area contributed by atoms with Gasteiger partial charge in [0.25, 0.3) is 0 Å². The molecular formula is C30H46NO7P. The zero-order chi connectivity index (χ0) is 28.4. The molecule has 39 heavy (non-hydrogen) atoms. The lowest BCUT2D eigenvalue weighted by Gasteiger charge is -2.30. The van der Waals surface area contributed by atoms with Gasteiger partial charge in [-0.25, -0.2) is 4.79 Å². The van der Waals surface area contributed by atoms with Crippen molar-refractivity contribution in [3.8, 4) is 0 Å². The van der Waals surface area contributed by atoms with Crippen LogP contribution in [0.25, 0.3) is 0 Å². The second kappa shape index (κ2) is 15.0. The Morgan fingerprint density at radius 3 is 2.36 bits per heavy atom. The number of hydrogen-bond donors (Lipinski definition) is 1. The van der Waals surface area contributed by atoms with Crippen LogP contribution in [-0.2, 0) is 34.6 Å². The third kappa shape index (κ3) is 9.46. The fraction of sp³-hybridized carbons (Fsp3) is 0.700. The highest BCUT2D eigenvalue weighted by Gasteiger charge is 2.44. The number of rotatable bonds is 14. The largest absolute Gasteiger partial charge is 0.480 e. The number of carboxylic acid groups (broad SMARTS) is 1. The SMILES string of the molecule is CCC(=O)O[C@H](O[P@@](=O)(CCCCc1ccccc1)CC(=O)N1C[C@H](C2CCCCC2)C[C@@H]1C(=O)O)C(C)C. The van der Waals surface area contributed by atoms with E-state index in [-0.39, 0.29) is 30.6 Å². The van der Waals surface area contributed by atoms with E-state index in [1.54, 1.807) is 6.92 Å². The van der Waals surface area contributed by atoms with Gasteiger partial charge in [-0.1, -0.05) is 83.2 Å². The summed E-state index contributed by atoms with van der Waals surface area (Å²) in [5, 5.41) is 9.92. The zero-order valence-corrected chi connectivity index (χ0v) is 24.7. The van der Waals surface area contributed by atoms with Crippen molar-refractivity contribution in [2.75, 3.05) is 18.9 Å². The van der Waals surface area contributed by atoms with Gasteiger partial charge in [0.05, 0.1) is 0 Å². The van der Waals surface area contributed by atoms with Gasteiger partial charge in [0.1, 0.15) is 12.2 Å². The maximum atomic E-state index is 14.2. The summed E-state index contributed by atoms with van der Waals surface area (Å²) in [4.78, 5) is 39.2. The molecule has 3 rings (SSSR count). The van der Waals surface area contributed by atoms with Gasteiger partial charge in [-0.2, -0.15) is 0 Å². The number of carbonyl (C=O) groups is 3. The number of hydrogen-bond acceptors (Lipinski definition) is 6. The van der Waals surface area contributed by atoms with Gasteiger partial charge in [0.15, 0.2) is 0 Å². The minimum Gasteiger partial charge on any atom is -0.480 e. The summed E-state index contributed by atoms with van der Waals surface area (Å²) in [5.74, 6) is -1.61. The van der Waals surface area contributed by atoms with Crippen LogP contribution in [0.1, 0.15) is 84.1 Å². The van der Waals surface area contributed by atoms with Crippen LogP contribution in [0.2, 0.25) is 0 Å². The molecule has 2 aliphatic rings. The van der Waals surface area contributed by atoms with Gasteiger partial charge in [0, 0.05) is 25.0 Å². The number of likely N-dealkylation sites (tertiary alicyclic amines) is 1. The number of ether oxygens (including phenoxy) is 1. The Hall–Kier alpha value is -2.18. The van der Waals surface area contributed by atoms with E-state index in [4.69, 9.17) is 9.26 Å². The first-order valence-electron chi connectivity index (χ1n) is 14.6. The molecule has 0 unspecified atom stereocenters. The van der Waals surface area contributed by atoms with Gasteiger partial charge in [-0.05, 0) is 43.1 Å². The third-order valence-electron chi connectivity index (χ3n) is 8.07. The highest BCUT2D eigenvalue weighted by Crippen LogP contribution is 2.51. The summed E-state index contributed by atoms with van der Waals surface area (Å²) in [6.07, 6.45) is 7.12. The van der Waals surface area contributed by atoms with Gasteiger partial charge in [-0.15, -0.1) is 0 Å². The van der Waals surface area contributed by atoms with Crippen LogP contribution >= 0.6 is 7.37 Å². The predicted octanol–water partition coefficient (Wildman–Crippen LogP) is 6.12. The Balaban J connectivity index is 1.73. The molecule has 1 saturated heterocycles. The summed E-state index contributed by atoms with van der Waals surface area (Å²) in [6, 6.07) is 9.10. The lowest BCUT2D eigenvalue weighted by molar-refractivity contribution is -0.169. The van der Waals surface area contributed by atoms with Crippen LogP contribution in [0.3, 0.4) is 0 Å². The van der Waals surface area contributed by atoms with Crippen LogP contribution in [0.5, 0.6) is 0 Å². The number of carboxylic acids is 1. The molecular weight excluding hydrogens is 517 g/mol. The normalized spacial score (nSPS) is 22.4. The van der Waals surface area contributed by atoms with E-state index in [1.165, 1.54) is 16.9 Å². The predicted molar refractivity (Wildman–Crippen MR) is 151 cm³/mol. The van der Waals surface area contributed by atoms with Crippen molar-refractivity contribution in [3.05, 3.63) is 35.9 Å². The molecule has 1 aliphatic heterocycles. The molecule has 1 N–H and O–H groups in total. The Morgan fingerprint density at radius 1 is 1.05 bits per heavy atom. The molecule has 0 aromatic heterocycles. The average molecular weight is 564 g/mol. The first-order chi connectivity index (χ1) is 18.6. The first-order valence-corrected chi connectivity index (χ1v) is 16.6. The van der Waals surface area contributed by atoms with Gasteiger partial charge < -0.3 is 14.7 Å². The number of aliphatic carboxylic acids is 1. The molecule has 0 bridgehead atoms. The van der Waals surface area contributed by atoms with Crippen LogP contribution in [0.15, 0.2) is 30.3 Å². The van der Waals surface area contributed by atoms with E-state index in [0.29, 0.717) is 25.3 Å². The van der Waals surface area contributed by atoms with E-state index in [2.05, 4.69) is 0 Å². The van der Waals surface area contributed by atoms with Crippen molar-refractivity contribution >= 4 is 25.2 Å². The molecule has 0 radical (unpaired) electrons. The van der Waals surface area contributed by atoms with Crippen molar-refractivity contribution in [2.24, 2.45) is 17.8 Å². The number of benzene rings is 1. The van der Waals surface area contributed by atoms with E-state index < -0.39 is 37.5 Å². The lowest BCUT2D eigenvalue weighted by Crippen LogP contribution is -2.42. The van der Waals surface area contributed by atoms with Crippen molar-refractivity contribution in [1.82, 2.24) is 4.90 Å². The van der Waals surface area contributed by atoms with Crippen LogP contribution < -0.4 is 0 Å². The molecule has 1 heterocycles. The van der Waals surface area contributed by atoms with Gasteiger partial charge in [-0.3, -0.25) is 18.7 Å². The molecule has 1 amide bonds. The Kier molecular flexibility index (Phi) is 12.1. The molecule has 218 valence electrons. The minimum absolute atomic E-state index is 0.149. The van der Waals surface area contributed by atoms with Crippen molar-refractivity contribution in [3.63, 3.8) is 0 Å². The van der Waals surface area contributed by atoms with Gasteiger partial charge in [0.2, 0.25) is 19.6 Å². The van der Waals surface area contributed by atoms with E-state index in [9.17, 15) is 24.1 Å². The summed E-state index contributed by atoms with van der Waals surface area (Å²) >= 11 is 0. The first kappa shape index (κ1) is 31.3. The van der Waals surface area contributed by atoms with Crippen molar-refractivity contribution in [1.29, 1.82) is 0 Å². The molecule has 1 aromatic carbocycles. The number of esters is 1. The fourth-order valence-electron chi connectivity index (χ4n) is 5.80. The standard InChI is InChI=1S/C30H46NO7P/c1-4-28(33)37-30(22(2)3)38-39(36,18-12-11-15-23-13-7-5-8-14-23)21-27(32)31-20-25(19-26(31)29(34)35)24-16-9-6-10-17-24/h5,7-8,13-14,22,24-26,30H,4,6,9-12,15-21H2,1-3H3,(H,34,35)/t25-,26-,30-,39+/m1/s1. The summed E-state index contributed by atoms with van der Waals surface area (Å²) in [5.41, 5.74) is 1.18. The number of unbranched alkanes of at least 4 members (excludes halogenated alkanes) is 1. The quantitative estimate of drug-likeness (QED) is 0.126. The summed E-state index contributed by atoms with van der Waals surface area (Å²) in [6.45, 7) is 5.68. The highest BCUT2D eigenvalue weighted by molar-refractivity contribution is 7.59. The average Bonchev–Trinajstić information content (AvgIpc) is 3.38. The molecule has 4 atom stereocenters. The van der Waals surface area contributed by atoms with Gasteiger partial charge >= 0.3 is 11.9 Å².